The molecule has 0 bridgehead atoms. The molecule has 106 valence electrons. The Kier molecular flexibility index (Phi) is 9.94. The molecule has 0 radical (unpaired) electrons. The van der Waals surface area contributed by atoms with Crippen molar-refractivity contribution >= 4 is 20.2 Å². The molecule has 0 aromatic heterocycles. The predicted octanol–water partition coefficient (Wildman–Crippen LogP) is -4.83. The third-order valence-electron chi connectivity index (χ3n) is 2.58. The van der Waals surface area contributed by atoms with Gasteiger partial charge in [-0.05, 0) is 35.4 Å². The quantitative estimate of drug-likeness (QED) is 0.384. The minimum absolute atomic E-state index is 0. The molecule has 2 rings (SSSR count). The molecule has 0 aliphatic heterocycles. The molecular formula is C12H8K2O6S2. The van der Waals surface area contributed by atoms with Crippen molar-refractivity contribution < 1.29 is 129 Å². The van der Waals surface area contributed by atoms with Crippen molar-refractivity contribution in [3.8, 4) is 11.1 Å². The smallest absolute Gasteiger partial charge is 0.744 e. The third kappa shape index (κ3) is 6.44. The average molecular weight is 391 g/mol. The fourth-order valence-electron chi connectivity index (χ4n) is 1.66. The second-order valence-electron chi connectivity index (χ2n) is 3.96. The average Bonchev–Trinajstić information content (AvgIpc) is 2.37. The maximum atomic E-state index is 10.9. The van der Waals surface area contributed by atoms with Gasteiger partial charge in [0.2, 0.25) is 0 Å². The molecule has 0 unspecified atom stereocenters. The van der Waals surface area contributed by atoms with Gasteiger partial charge in [0.15, 0.2) is 0 Å². The zero-order valence-electron chi connectivity index (χ0n) is 11.9. The molecule has 22 heavy (non-hydrogen) atoms. The largest absolute Gasteiger partial charge is 1.00 e. The van der Waals surface area contributed by atoms with Gasteiger partial charge in [0, 0.05) is 0 Å². The topological polar surface area (TPSA) is 114 Å². The summed E-state index contributed by atoms with van der Waals surface area (Å²) in [7, 11) is -9.20. The Morgan fingerprint density at radius 2 is 0.955 bits per heavy atom. The van der Waals surface area contributed by atoms with E-state index in [0.717, 1.165) is 24.3 Å². The van der Waals surface area contributed by atoms with Crippen LogP contribution in [0.2, 0.25) is 0 Å². The zero-order chi connectivity index (χ0) is 15.0. The Bertz CT molecular complexity index is 789. The summed E-state index contributed by atoms with van der Waals surface area (Å²) in [6, 6.07) is 10.3. The third-order valence-corrected chi connectivity index (χ3v) is 4.24. The molecule has 0 saturated heterocycles. The Hall–Kier alpha value is 1.53. The van der Waals surface area contributed by atoms with E-state index >= 15 is 0 Å². The molecule has 2 aromatic rings. The van der Waals surface area contributed by atoms with Crippen LogP contribution < -0.4 is 103 Å². The van der Waals surface area contributed by atoms with Crippen molar-refractivity contribution in [2.75, 3.05) is 0 Å². The van der Waals surface area contributed by atoms with Crippen molar-refractivity contribution in [3.05, 3.63) is 48.5 Å². The Morgan fingerprint density at radius 1 is 0.636 bits per heavy atom. The Balaban J connectivity index is 0.00000220. The monoisotopic (exact) mass is 390 g/mol. The van der Waals surface area contributed by atoms with Gasteiger partial charge in [-0.25, -0.2) is 16.8 Å². The van der Waals surface area contributed by atoms with Gasteiger partial charge >= 0.3 is 103 Å². The van der Waals surface area contributed by atoms with Gasteiger partial charge in [-0.3, -0.25) is 0 Å². The van der Waals surface area contributed by atoms with Crippen molar-refractivity contribution in [1.29, 1.82) is 0 Å². The number of benzene rings is 2. The molecule has 0 aliphatic rings. The van der Waals surface area contributed by atoms with Gasteiger partial charge in [-0.1, -0.05) is 24.3 Å². The van der Waals surface area contributed by atoms with E-state index in [1.165, 1.54) is 24.3 Å². The van der Waals surface area contributed by atoms with E-state index < -0.39 is 30.0 Å². The minimum Gasteiger partial charge on any atom is -0.744 e. The molecule has 0 atom stereocenters. The van der Waals surface area contributed by atoms with Crippen molar-refractivity contribution in [2.45, 2.75) is 9.79 Å². The first kappa shape index (κ1) is 23.5. The van der Waals surface area contributed by atoms with Crippen LogP contribution in [0, 0.1) is 0 Å². The number of hydrogen-bond donors (Lipinski definition) is 0. The van der Waals surface area contributed by atoms with Crippen LogP contribution in [-0.4, -0.2) is 25.9 Å². The molecule has 0 fully saturated rings. The number of hydrogen-bond acceptors (Lipinski definition) is 6. The summed E-state index contributed by atoms with van der Waals surface area (Å²) >= 11 is 0. The minimum atomic E-state index is -4.60. The van der Waals surface area contributed by atoms with Crippen molar-refractivity contribution in [2.24, 2.45) is 0 Å². The summed E-state index contributed by atoms with van der Waals surface area (Å²) in [4.78, 5) is -0.851. The molecular weight excluding hydrogens is 382 g/mol. The summed E-state index contributed by atoms with van der Waals surface area (Å²) in [6.07, 6.45) is 0. The van der Waals surface area contributed by atoms with Crippen LogP contribution in [0.1, 0.15) is 0 Å². The SMILES string of the molecule is O=S(=O)([O-])c1cccc(-c2cccc(S(=O)(=O)[O-])c2)c1.[K+].[K+]. The van der Waals surface area contributed by atoms with Gasteiger partial charge in [0.1, 0.15) is 20.2 Å². The molecule has 0 spiro atoms. The maximum absolute atomic E-state index is 10.9. The standard InChI is InChI=1S/C12H10O6S2.2K/c13-19(14,15)11-5-1-3-9(7-11)10-4-2-6-12(8-10)20(16,17)18;;/h1-8H,(H,13,14,15)(H,16,17,18);;/q;2*+1/p-2. The van der Waals surface area contributed by atoms with Crippen LogP contribution in [-0.2, 0) is 20.2 Å². The van der Waals surface area contributed by atoms with E-state index in [4.69, 9.17) is 0 Å². The zero-order valence-corrected chi connectivity index (χ0v) is 19.8. The van der Waals surface area contributed by atoms with Gasteiger partial charge in [0.05, 0.1) is 9.79 Å². The van der Waals surface area contributed by atoms with E-state index in [0.29, 0.717) is 11.1 Å². The molecule has 10 heteroatoms. The van der Waals surface area contributed by atoms with Gasteiger partial charge in [-0.15, -0.1) is 0 Å². The van der Waals surface area contributed by atoms with Gasteiger partial charge in [-0.2, -0.15) is 0 Å². The van der Waals surface area contributed by atoms with E-state index in [1.54, 1.807) is 0 Å². The van der Waals surface area contributed by atoms with Crippen molar-refractivity contribution in [1.82, 2.24) is 0 Å². The molecule has 0 saturated carbocycles. The normalized spacial score (nSPS) is 11.2. The van der Waals surface area contributed by atoms with Crippen LogP contribution in [0.15, 0.2) is 58.3 Å². The van der Waals surface area contributed by atoms with Crippen LogP contribution >= 0.6 is 0 Å². The molecule has 0 N–H and O–H groups in total. The summed E-state index contributed by atoms with van der Waals surface area (Å²) in [6.45, 7) is 0. The van der Waals surface area contributed by atoms with E-state index in [9.17, 15) is 25.9 Å². The fraction of sp³-hybridized carbons (Fsp3) is 0. The van der Waals surface area contributed by atoms with E-state index in [2.05, 4.69) is 0 Å². The maximum Gasteiger partial charge on any atom is 1.00 e. The second-order valence-corrected chi connectivity index (χ2v) is 6.72. The first-order valence-electron chi connectivity index (χ1n) is 5.30. The fourth-order valence-corrected chi connectivity index (χ4v) is 2.70. The van der Waals surface area contributed by atoms with E-state index in [-0.39, 0.29) is 103 Å². The summed E-state index contributed by atoms with van der Waals surface area (Å²) < 4.78 is 65.6. The number of rotatable bonds is 3. The molecule has 0 heterocycles. The molecule has 0 aliphatic carbocycles. The summed E-state index contributed by atoms with van der Waals surface area (Å²) in [5.41, 5.74) is 0.653. The molecule has 2 aromatic carbocycles. The summed E-state index contributed by atoms with van der Waals surface area (Å²) in [5.74, 6) is 0. The molecule has 0 amide bonds. The predicted molar refractivity (Wildman–Crippen MR) is 67.8 cm³/mol. The first-order chi connectivity index (χ1) is 9.18. The first-order valence-corrected chi connectivity index (χ1v) is 8.12. The second kappa shape index (κ2) is 9.29. The van der Waals surface area contributed by atoms with E-state index in [1.807, 2.05) is 0 Å². The van der Waals surface area contributed by atoms with Crippen LogP contribution in [0.25, 0.3) is 11.1 Å². The van der Waals surface area contributed by atoms with Crippen LogP contribution in [0.4, 0.5) is 0 Å². The summed E-state index contributed by atoms with van der Waals surface area (Å²) in [5, 5.41) is 0. The Labute approximate surface area is 214 Å². The Morgan fingerprint density at radius 3 is 1.23 bits per heavy atom. The van der Waals surface area contributed by atoms with Gasteiger partial charge < -0.3 is 9.11 Å². The van der Waals surface area contributed by atoms with Gasteiger partial charge in [0.25, 0.3) is 0 Å². The van der Waals surface area contributed by atoms with Crippen LogP contribution in [0.3, 0.4) is 0 Å². The molecule has 6 nitrogen and oxygen atoms in total. The van der Waals surface area contributed by atoms with Crippen molar-refractivity contribution in [3.63, 3.8) is 0 Å². The van der Waals surface area contributed by atoms with Crippen LogP contribution in [0.5, 0.6) is 0 Å².